The molecule has 2 aromatic heterocycles. The second-order valence-corrected chi connectivity index (χ2v) is 8.25. The van der Waals surface area contributed by atoms with Crippen molar-refractivity contribution in [2.45, 2.75) is 13.8 Å². The molecule has 0 unspecified atom stereocenters. The molecule has 1 fully saturated rings. The number of carbonyl (C=O) groups is 2. The van der Waals surface area contributed by atoms with Crippen LogP contribution in [0.4, 0.5) is 5.13 Å². The fourth-order valence-corrected chi connectivity index (χ4v) is 4.30. The number of nitrogens with one attached hydrogen (secondary N) is 2. The van der Waals surface area contributed by atoms with Gasteiger partial charge in [0.1, 0.15) is 4.88 Å². The molecule has 0 saturated carbocycles. The van der Waals surface area contributed by atoms with Gasteiger partial charge in [-0.2, -0.15) is 0 Å². The molecule has 0 bridgehead atoms. The molecule has 162 valence electrons. The fraction of sp³-hybridized carbons (Fsp3) is 0.316. The molecule has 1 aliphatic rings. The van der Waals surface area contributed by atoms with Crippen LogP contribution in [0.15, 0.2) is 24.3 Å². The zero-order valence-electron chi connectivity index (χ0n) is 16.9. The highest BCUT2D eigenvalue weighted by Crippen LogP contribution is 2.26. The number of anilines is 1. The molecule has 0 atom stereocenters. The number of thiazole rings is 1. The van der Waals surface area contributed by atoms with Crippen LogP contribution in [0.3, 0.4) is 0 Å². The average molecular weight is 462 g/mol. The van der Waals surface area contributed by atoms with Crippen LogP contribution in [-0.2, 0) is 4.74 Å². The highest BCUT2D eigenvalue weighted by Gasteiger charge is 2.22. The van der Waals surface area contributed by atoms with Gasteiger partial charge >= 0.3 is 0 Å². The number of ether oxygens (including phenoxy) is 1. The van der Waals surface area contributed by atoms with E-state index in [2.05, 4.69) is 31.0 Å². The van der Waals surface area contributed by atoms with Crippen molar-refractivity contribution in [1.82, 2.24) is 30.8 Å². The maximum atomic E-state index is 12.6. The van der Waals surface area contributed by atoms with E-state index in [1.54, 1.807) is 38.1 Å². The van der Waals surface area contributed by atoms with Crippen LogP contribution in [-0.4, -0.2) is 58.1 Å². The van der Waals surface area contributed by atoms with Crippen LogP contribution in [0.1, 0.15) is 31.5 Å². The number of morpholine rings is 1. The van der Waals surface area contributed by atoms with E-state index in [0.717, 1.165) is 18.2 Å². The Morgan fingerprint density at radius 1 is 1.16 bits per heavy atom. The Hall–Kier alpha value is -3.02. The van der Waals surface area contributed by atoms with E-state index in [1.165, 1.54) is 16.0 Å². The van der Waals surface area contributed by atoms with Crippen LogP contribution in [0, 0.1) is 13.8 Å². The molecule has 0 spiro atoms. The van der Waals surface area contributed by atoms with E-state index in [9.17, 15) is 9.59 Å². The maximum absolute atomic E-state index is 12.6. The lowest BCUT2D eigenvalue weighted by atomic mass is 10.3. The number of aromatic nitrogens is 4. The van der Waals surface area contributed by atoms with Gasteiger partial charge in [0.25, 0.3) is 11.8 Å². The predicted octanol–water partition coefficient (Wildman–Crippen LogP) is 1.91. The lowest BCUT2D eigenvalue weighted by Gasteiger charge is -2.25. The van der Waals surface area contributed by atoms with Gasteiger partial charge in [-0.3, -0.25) is 20.4 Å². The summed E-state index contributed by atoms with van der Waals surface area (Å²) in [6.45, 7) is 6.19. The highest BCUT2D eigenvalue weighted by atomic mass is 35.5. The summed E-state index contributed by atoms with van der Waals surface area (Å²) in [5.41, 5.74) is 6.71. The minimum Gasteiger partial charge on any atom is -0.378 e. The largest absolute Gasteiger partial charge is 0.378 e. The number of hydrogen-bond acceptors (Lipinski definition) is 8. The number of hydrazine groups is 1. The minimum absolute atomic E-state index is 0.0929. The van der Waals surface area contributed by atoms with Crippen LogP contribution in [0.5, 0.6) is 0 Å². The molecule has 10 nitrogen and oxygen atoms in total. The molecule has 31 heavy (non-hydrogen) atoms. The molecule has 1 saturated heterocycles. The number of carbonyl (C=O) groups excluding carboxylic acids is 2. The van der Waals surface area contributed by atoms with Crippen molar-refractivity contribution in [2.75, 3.05) is 31.2 Å². The second kappa shape index (κ2) is 9.00. The van der Waals surface area contributed by atoms with Crippen molar-refractivity contribution < 1.29 is 14.3 Å². The van der Waals surface area contributed by atoms with Gasteiger partial charge in [-0.25, -0.2) is 9.67 Å². The van der Waals surface area contributed by atoms with Gasteiger partial charge < -0.3 is 9.64 Å². The number of amides is 2. The number of aryl methyl sites for hydroxylation is 1. The van der Waals surface area contributed by atoms with Crippen molar-refractivity contribution in [3.05, 3.63) is 51.2 Å². The summed E-state index contributed by atoms with van der Waals surface area (Å²) in [6, 6.07) is 7.04. The SMILES string of the molecule is Cc1nc(N2CCOCC2)sc1C(=O)NNC(=O)c1nnn(-c2cccc(Cl)c2)c1C. The highest BCUT2D eigenvalue weighted by molar-refractivity contribution is 7.17. The number of rotatable bonds is 4. The van der Waals surface area contributed by atoms with E-state index in [1.807, 2.05) is 0 Å². The topological polar surface area (TPSA) is 114 Å². The summed E-state index contributed by atoms with van der Waals surface area (Å²) in [6.07, 6.45) is 0. The van der Waals surface area contributed by atoms with Gasteiger partial charge in [-0.05, 0) is 32.0 Å². The Kier molecular flexibility index (Phi) is 6.16. The Morgan fingerprint density at radius 3 is 2.65 bits per heavy atom. The first-order valence-electron chi connectivity index (χ1n) is 9.53. The van der Waals surface area contributed by atoms with E-state index in [-0.39, 0.29) is 5.69 Å². The Balaban J connectivity index is 1.42. The number of nitrogens with zero attached hydrogens (tertiary/aromatic N) is 5. The zero-order chi connectivity index (χ0) is 22.0. The molecule has 12 heteroatoms. The minimum atomic E-state index is -0.574. The molecular weight excluding hydrogens is 442 g/mol. The summed E-state index contributed by atoms with van der Waals surface area (Å²) in [4.78, 5) is 32.1. The van der Waals surface area contributed by atoms with E-state index >= 15 is 0 Å². The first-order valence-corrected chi connectivity index (χ1v) is 10.7. The molecule has 3 heterocycles. The van der Waals surface area contributed by atoms with E-state index in [4.69, 9.17) is 16.3 Å². The van der Waals surface area contributed by atoms with Crippen LogP contribution < -0.4 is 15.8 Å². The molecule has 1 aromatic carbocycles. The summed E-state index contributed by atoms with van der Waals surface area (Å²) in [5.74, 6) is -1.02. The van der Waals surface area contributed by atoms with Crippen molar-refractivity contribution in [3.8, 4) is 5.69 Å². The lowest BCUT2D eigenvalue weighted by Crippen LogP contribution is -2.42. The molecule has 4 rings (SSSR count). The number of benzene rings is 1. The Labute approximate surface area is 187 Å². The summed E-state index contributed by atoms with van der Waals surface area (Å²) in [5, 5.41) is 9.25. The third-order valence-electron chi connectivity index (χ3n) is 4.73. The number of halogens is 1. The number of hydrogen-bond donors (Lipinski definition) is 2. The standard InChI is InChI=1S/C19H20ClN7O3S/c1-11-16(31-19(21-11)26-6-8-30-9-7-26)18(29)24-23-17(28)15-12(2)27(25-22-15)14-5-3-4-13(20)10-14/h3-5,10H,6-9H2,1-2H3,(H,23,28)(H,24,29). The molecule has 2 N–H and O–H groups in total. The Morgan fingerprint density at radius 2 is 1.90 bits per heavy atom. The smallest absolute Gasteiger partial charge is 0.292 e. The lowest BCUT2D eigenvalue weighted by molar-refractivity contribution is 0.0845. The fourth-order valence-electron chi connectivity index (χ4n) is 3.10. The van der Waals surface area contributed by atoms with Gasteiger partial charge in [0.05, 0.1) is 30.3 Å². The van der Waals surface area contributed by atoms with Crippen LogP contribution in [0.2, 0.25) is 5.02 Å². The van der Waals surface area contributed by atoms with Crippen molar-refractivity contribution >= 4 is 39.9 Å². The van der Waals surface area contributed by atoms with E-state index in [0.29, 0.717) is 40.2 Å². The third kappa shape index (κ3) is 4.53. The summed E-state index contributed by atoms with van der Waals surface area (Å²) in [7, 11) is 0. The van der Waals surface area contributed by atoms with Gasteiger partial charge in [0.15, 0.2) is 10.8 Å². The first-order chi connectivity index (χ1) is 14.9. The van der Waals surface area contributed by atoms with Crippen LogP contribution in [0.25, 0.3) is 5.69 Å². The van der Waals surface area contributed by atoms with Gasteiger partial charge in [0, 0.05) is 18.1 Å². The molecule has 0 radical (unpaired) electrons. The van der Waals surface area contributed by atoms with Crippen molar-refractivity contribution in [3.63, 3.8) is 0 Å². The predicted molar refractivity (Wildman–Crippen MR) is 116 cm³/mol. The van der Waals surface area contributed by atoms with Gasteiger partial charge in [-0.1, -0.05) is 34.2 Å². The Bertz CT molecular complexity index is 1120. The molecule has 0 aliphatic carbocycles. The maximum Gasteiger partial charge on any atom is 0.292 e. The van der Waals surface area contributed by atoms with Crippen molar-refractivity contribution in [2.24, 2.45) is 0 Å². The quantitative estimate of drug-likeness (QED) is 0.570. The normalized spacial score (nSPS) is 13.8. The van der Waals surface area contributed by atoms with Crippen molar-refractivity contribution in [1.29, 1.82) is 0 Å². The second-order valence-electron chi connectivity index (χ2n) is 6.83. The van der Waals surface area contributed by atoms with Crippen LogP contribution >= 0.6 is 22.9 Å². The summed E-state index contributed by atoms with van der Waals surface area (Å²) < 4.78 is 6.85. The molecule has 1 aliphatic heterocycles. The molecule has 3 aromatic rings. The van der Waals surface area contributed by atoms with Gasteiger partial charge in [-0.15, -0.1) is 5.10 Å². The molecule has 2 amide bonds. The molecular formula is C19H20ClN7O3S. The van der Waals surface area contributed by atoms with Gasteiger partial charge in [0.2, 0.25) is 0 Å². The zero-order valence-corrected chi connectivity index (χ0v) is 18.5. The third-order valence-corrected chi connectivity index (χ3v) is 6.18. The first kappa shape index (κ1) is 21.2. The monoisotopic (exact) mass is 461 g/mol. The average Bonchev–Trinajstić information content (AvgIpc) is 3.35. The summed E-state index contributed by atoms with van der Waals surface area (Å²) >= 11 is 7.30. The van der Waals surface area contributed by atoms with E-state index < -0.39 is 11.8 Å².